The molecule has 1 aliphatic rings. The third-order valence-electron chi connectivity index (χ3n) is 4.95. The lowest BCUT2D eigenvalue weighted by Gasteiger charge is -2.06. The van der Waals surface area contributed by atoms with Gasteiger partial charge >= 0.3 is 0 Å². The number of amides is 1. The molecule has 1 aliphatic heterocycles. The van der Waals surface area contributed by atoms with E-state index >= 15 is 0 Å². The van der Waals surface area contributed by atoms with Gasteiger partial charge in [0, 0.05) is 13.5 Å². The average molecular weight is 352 g/mol. The number of hydrogen-bond acceptors (Lipinski definition) is 3. The molecule has 0 saturated carbocycles. The van der Waals surface area contributed by atoms with Crippen LogP contribution in [0.2, 0.25) is 0 Å². The van der Waals surface area contributed by atoms with E-state index in [2.05, 4.69) is 13.8 Å². The van der Waals surface area contributed by atoms with Gasteiger partial charge < -0.3 is 10.0 Å². The van der Waals surface area contributed by atoms with Crippen LogP contribution in [0.3, 0.4) is 0 Å². The number of likely N-dealkylation sites (tertiary alicyclic amines) is 1. The van der Waals surface area contributed by atoms with Gasteiger partial charge in [0.05, 0.1) is 6.54 Å². The molecule has 0 bridgehead atoms. The van der Waals surface area contributed by atoms with Crippen molar-refractivity contribution in [2.45, 2.75) is 90.9 Å². The van der Waals surface area contributed by atoms with Gasteiger partial charge in [-0.25, -0.2) is 0 Å². The maximum Gasteiger partial charge on any atom is 0.261 e. The van der Waals surface area contributed by atoms with Gasteiger partial charge in [-0.3, -0.25) is 9.59 Å². The van der Waals surface area contributed by atoms with Crippen LogP contribution in [0.25, 0.3) is 0 Å². The molecule has 0 aliphatic carbocycles. The molecule has 1 amide bonds. The van der Waals surface area contributed by atoms with Crippen LogP contribution in [0.4, 0.5) is 0 Å². The smallest absolute Gasteiger partial charge is 0.261 e. The van der Waals surface area contributed by atoms with Crippen LogP contribution >= 0.6 is 0 Å². The average Bonchev–Trinajstić information content (AvgIpc) is 2.80. The minimum absolute atomic E-state index is 0.0132. The predicted octanol–water partition coefficient (Wildman–Crippen LogP) is 5.18. The molecular weight excluding hydrogens is 314 g/mol. The molecule has 1 N–H and O–H groups in total. The van der Waals surface area contributed by atoms with Crippen LogP contribution in [0, 0.1) is 5.92 Å². The summed E-state index contributed by atoms with van der Waals surface area (Å²) in [4.78, 5) is 24.8. The molecule has 0 aromatic rings. The number of carbonyl (C=O) groups is 2. The fraction of sp³-hybridized carbons (Fsp3) is 0.810. The zero-order chi connectivity index (χ0) is 18.7. The van der Waals surface area contributed by atoms with E-state index in [0.29, 0.717) is 6.42 Å². The van der Waals surface area contributed by atoms with Crippen molar-refractivity contribution in [1.82, 2.24) is 4.90 Å². The summed E-state index contributed by atoms with van der Waals surface area (Å²) < 4.78 is 0. The number of aliphatic hydroxyl groups excluding tert-OH is 1. The highest BCUT2D eigenvalue weighted by Gasteiger charge is 2.33. The summed E-state index contributed by atoms with van der Waals surface area (Å²) >= 11 is 0. The quantitative estimate of drug-likeness (QED) is 0.215. The summed E-state index contributed by atoms with van der Waals surface area (Å²) in [6, 6.07) is 0. The highest BCUT2D eigenvalue weighted by Crippen LogP contribution is 2.20. The van der Waals surface area contributed by atoms with Crippen LogP contribution in [0.1, 0.15) is 90.9 Å². The molecule has 1 saturated heterocycles. The van der Waals surface area contributed by atoms with Crippen molar-refractivity contribution in [1.29, 1.82) is 0 Å². The summed E-state index contributed by atoms with van der Waals surface area (Å²) in [5.41, 5.74) is 0.0139. The Hall–Kier alpha value is -1.32. The van der Waals surface area contributed by atoms with Crippen LogP contribution in [0.5, 0.6) is 0 Å². The number of ketones is 1. The fourth-order valence-electron chi connectivity index (χ4n) is 3.35. The van der Waals surface area contributed by atoms with Crippen molar-refractivity contribution < 1.29 is 14.7 Å². The Morgan fingerprint density at radius 2 is 1.40 bits per heavy atom. The molecule has 0 radical (unpaired) electrons. The highest BCUT2D eigenvalue weighted by atomic mass is 16.3. The summed E-state index contributed by atoms with van der Waals surface area (Å²) in [7, 11) is 1.59. The minimum Gasteiger partial charge on any atom is -0.511 e. The zero-order valence-electron chi connectivity index (χ0n) is 16.5. The SMILES string of the molecule is CC(C)CCCCCCCCCCCC/C(O)=C1\C(=O)CN(C)C1=O. The van der Waals surface area contributed by atoms with Gasteiger partial charge in [0.2, 0.25) is 0 Å². The van der Waals surface area contributed by atoms with Crippen LogP contribution < -0.4 is 0 Å². The number of carbonyl (C=O) groups excluding carboxylic acids is 2. The second kappa shape index (κ2) is 12.1. The summed E-state index contributed by atoms with van der Waals surface area (Å²) in [6.45, 7) is 4.67. The highest BCUT2D eigenvalue weighted by molar-refractivity contribution is 6.25. The number of likely N-dealkylation sites (N-methyl/N-ethyl adjacent to an activating group) is 1. The van der Waals surface area contributed by atoms with Crippen molar-refractivity contribution in [2.75, 3.05) is 13.6 Å². The van der Waals surface area contributed by atoms with Gasteiger partial charge in [0.1, 0.15) is 11.3 Å². The number of aliphatic hydroxyl groups is 1. The maximum absolute atomic E-state index is 11.8. The molecule has 4 nitrogen and oxygen atoms in total. The topological polar surface area (TPSA) is 57.6 Å². The van der Waals surface area contributed by atoms with Gasteiger partial charge in [-0.15, -0.1) is 0 Å². The van der Waals surface area contributed by atoms with E-state index in [1.807, 2.05) is 0 Å². The van der Waals surface area contributed by atoms with Crippen LogP contribution in [-0.2, 0) is 9.59 Å². The van der Waals surface area contributed by atoms with Gasteiger partial charge in [-0.2, -0.15) is 0 Å². The monoisotopic (exact) mass is 351 g/mol. The first-order valence-electron chi connectivity index (χ1n) is 10.1. The number of allylic oxidation sites excluding steroid dienone is 1. The second-order valence-electron chi connectivity index (χ2n) is 7.87. The molecule has 0 spiro atoms. The van der Waals surface area contributed by atoms with Crippen molar-refractivity contribution in [3.05, 3.63) is 11.3 Å². The molecule has 0 aromatic heterocycles. The van der Waals surface area contributed by atoms with Crippen LogP contribution in [0.15, 0.2) is 11.3 Å². The van der Waals surface area contributed by atoms with Crippen molar-refractivity contribution >= 4 is 11.7 Å². The molecule has 1 heterocycles. The number of Topliss-reactive ketones (excluding diaryl/α,β-unsaturated/α-hetero) is 1. The first-order chi connectivity index (χ1) is 11.9. The number of unbranched alkanes of at least 4 members (excludes halogenated alkanes) is 9. The third-order valence-corrected chi connectivity index (χ3v) is 4.95. The Morgan fingerprint density at radius 3 is 1.84 bits per heavy atom. The summed E-state index contributed by atoms with van der Waals surface area (Å²) in [6.07, 6.45) is 14.2. The van der Waals surface area contributed by atoms with Gasteiger partial charge in [0.25, 0.3) is 5.91 Å². The first-order valence-corrected chi connectivity index (χ1v) is 10.1. The standard InChI is InChI=1S/C21H37NO3/c1-17(2)14-12-10-8-6-4-5-7-9-11-13-15-18(23)20-19(24)16-22(3)21(20)25/h17,23H,4-16H2,1-3H3/b20-18-. The van der Waals surface area contributed by atoms with E-state index in [1.165, 1.54) is 56.3 Å². The Kier molecular flexibility index (Phi) is 10.5. The number of rotatable bonds is 13. The van der Waals surface area contributed by atoms with E-state index in [9.17, 15) is 14.7 Å². The Bertz CT molecular complexity index is 454. The summed E-state index contributed by atoms with van der Waals surface area (Å²) in [5, 5.41) is 10.00. The van der Waals surface area contributed by atoms with Gasteiger partial charge in [-0.05, 0) is 12.3 Å². The van der Waals surface area contributed by atoms with E-state index in [0.717, 1.165) is 25.2 Å². The lowest BCUT2D eigenvalue weighted by atomic mass is 10.0. The molecule has 4 heteroatoms. The van der Waals surface area contributed by atoms with E-state index in [1.54, 1.807) is 7.05 Å². The number of nitrogens with zero attached hydrogens (tertiary/aromatic N) is 1. The molecule has 0 atom stereocenters. The Balaban J connectivity index is 1.99. The van der Waals surface area contributed by atoms with E-state index in [-0.39, 0.29) is 29.6 Å². The fourth-order valence-corrected chi connectivity index (χ4v) is 3.35. The zero-order valence-corrected chi connectivity index (χ0v) is 16.5. The molecule has 0 aromatic carbocycles. The normalized spacial score (nSPS) is 17.0. The maximum atomic E-state index is 11.8. The Morgan fingerprint density at radius 1 is 0.920 bits per heavy atom. The van der Waals surface area contributed by atoms with Crippen molar-refractivity contribution in [3.63, 3.8) is 0 Å². The molecule has 1 rings (SSSR count). The van der Waals surface area contributed by atoms with Crippen molar-refractivity contribution in [2.24, 2.45) is 5.92 Å². The third kappa shape index (κ3) is 8.55. The van der Waals surface area contributed by atoms with Crippen molar-refractivity contribution in [3.8, 4) is 0 Å². The molecule has 1 fully saturated rings. The van der Waals surface area contributed by atoms with Gasteiger partial charge in [0.15, 0.2) is 5.78 Å². The van der Waals surface area contributed by atoms with Crippen LogP contribution in [-0.4, -0.2) is 35.3 Å². The molecular formula is C21H37NO3. The second-order valence-corrected chi connectivity index (χ2v) is 7.87. The molecule has 144 valence electrons. The van der Waals surface area contributed by atoms with E-state index < -0.39 is 0 Å². The Labute approximate surface area is 153 Å². The number of hydrogen-bond donors (Lipinski definition) is 1. The molecule has 25 heavy (non-hydrogen) atoms. The van der Waals surface area contributed by atoms with Gasteiger partial charge in [-0.1, -0.05) is 78.1 Å². The lowest BCUT2D eigenvalue weighted by molar-refractivity contribution is -0.123. The largest absolute Gasteiger partial charge is 0.511 e. The molecule has 0 unspecified atom stereocenters. The lowest BCUT2D eigenvalue weighted by Crippen LogP contribution is -2.19. The summed E-state index contributed by atoms with van der Waals surface area (Å²) in [5.74, 6) is 0.232. The first kappa shape index (κ1) is 21.7. The predicted molar refractivity (Wildman–Crippen MR) is 103 cm³/mol. The van der Waals surface area contributed by atoms with E-state index in [4.69, 9.17) is 0 Å². The minimum atomic E-state index is -0.337.